The van der Waals surface area contributed by atoms with Crippen LogP contribution in [-0.4, -0.2) is 36.6 Å². The molecule has 1 aromatic carbocycles. The van der Waals surface area contributed by atoms with Gasteiger partial charge in [-0.2, -0.15) is 0 Å². The molecular formula is C8H9NO9P2. The molecule has 1 rings (SSSR count). The van der Waals surface area contributed by atoms with Crippen molar-refractivity contribution >= 4 is 37.7 Å². The van der Waals surface area contributed by atoms with Crippen LogP contribution in [-0.2, 0) is 9.13 Å². The van der Waals surface area contributed by atoms with Crippen molar-refractivity contribution in [3.05, 3.63) is 23.3 Å². The minimum Gasteiger partial charge on any atom is -0.478 e. The van der Waals surface area contributed by atoms with E-state index in [0.29, 0.717) is 12.1 Å². The number of carboxylic acids is 1. The van der Waals surface area contributed by atoms with Gasteiger partial charge in [0.2, 0.25) is 0 Å². The fourth-order valence-corrected chi connectivity index (χ4v) is 3.87. The van der Waals surface area contributed by atoms with E-state index in [4.69, 9.17) is 30.4 Å². The summed E-state index contributed by atoms with van der Waals surface area (Å²) < 4.78 is 22.6. The predicted molar refractivity (Wildman–Crippen MR) is 65.3 cm³/mol. The summed E-state index contributed by atoms with van der Waals surface area (Å²) in [6.45, 7) is 0. The van der Waals surface area contributed by atoms with Gasteiger partial charge >= 0.3 is 21.2 Å². The number of carbonyl (C=O) groups excluding carboxylic acids is 1. The summed E-state index contributed by atoms with van der Waals surface area (Å²) in [5.74, 6) is -3.26. The highest BCUT2D eigenvalue weighted by molar-refractivity contribution is 7.67. The van der Waals surface area contributed by atoms with Crippen LogP contribution in [0, 0.1) is 0 Å². The second-order valence-corrected chi connectivity index (χ2v) is 6.72. The number of aromatic carboxylic acids is 1. The molecule has 1 amide bonds. The fourth-order valence-electron chi connectivity index (χ4n) is 1.54. The van der Waals surface area contributed by atoms with Gasteiger partial charge in [-0.05, 0) is 12.1 Å². The third kappa shape index (κ3) is 3.13. The molecule has 0 heterocycles. The van der Waals surface area contributed by atoms with Gasteiger partial charge in [0.25, 0.3) is 5.91 Å². The molecule has 7 N–H and O–H groups in total. The van der Waals surface area contributed by atoms with Gasteiger partial charge in [-0.15, -0.1) is 0 Å². The summed E-state index contributed by atoms with van der Waals surface area (Å²) in [4.78, 5) is 58.5. The first-order valence-electron chi connectivity index (χ1n) is 4.69. The monoisotopic (exact) mass is 325 g/mol. The lowest BCUT2D eigenvalue weighted by Gasteiger charge is -2.16. The number of benzene rings is 1. The minimum absolute atomic E-state index is 0.533. The Bertz CT molecular complexity index is 685. The van der Waals surface area contributed by atoms with Crippen LogP contribution < -0.4 is 16.3 Å². The Kier molecular flexibility index (Phi) is 4.21. The van der Waals surface area contributed by atoms with Crippen LogP contribution in [0.3, 0.4) is 0 Å². The van der Waals surface area contributed by atoms with E-state index in [0.717, 1.165) is 0 Å². The highest BCUT2D eigenvalue weighted by Crippen LogP contribution is 2.41. The molecule has 12 heteroatoms. The molecule has 0 bridgehead atoms. The molecule has 0 aromatic heterocycles. The van der Waals surface area contributed by atoms with Gasteiger partial charge in [0.1, 0.15) is 0 Å². The molecule has 0 saturated carbocycles. The first-order chi connectivity index (χ1) is 8.87. The molecule has 0 aliphatic heterocycles. The Balaban J connectivity index is 4.02. The number of primary amides is 1. The van der Waals surface area contributed by atoms with Gasteiger partial charge in [-0.1, -0.05) is 0 Å². The lowest BCUT2D eigenvalue weighted by Crippen LogP contribution is -2.35. The average molecular weight is 325 g/mol. The maximum absolute atomic E-state index is 11.4. The van der Waals surface area contributed by atoms with E-state index in [9.17, 15) is 18.7 Å². The topological polar surface area (TPSA) is 195 Å². The van der Waals surface area contributed by atoms with E-state index in [2.05, 4.69) is 0 Å². The SMILES string of the molecule is NC(=O)c1c(C(=O)O)ccc(P(=O)(O)O)c1P(=O)(O)O. The summed E-state index contributed by atoms with van der Waals surface area (Å²) in [6, 6.07) is 1.17. The van der Waals surface area contributed by atoms with Gasteiger partial charge < -0.3 is 30.4 Å². The maximum Gasteiger partial charge on any atom is 0.357 e. The van der Waals surface area contributed by atoms with Crippen LogP contribution in [0.2, 0.25) is 0 Å². The van der Waals surface area contributed by atoms with E-state index >= 15 is 0 Å². The Labute approximate surface area is 111 Å². The summed E-state index contributed by atoms with van der Waals surface area (Å²) in [5.41, 5.74) is 2.86. The van der Waals surface area contributed by atoms with Crippen molar-refractivity contribution in [2.75, 3.05) is 0 Å². The van der Waals surface area contributed by atoms with E-state index in [1.165, 1.54) is 0 Å². The molecule has 0 radical (unpaired) electrons. The van der Waals surface area contributed by atoms with Crippen LogP contribution in [0.5, 0.6) is 0 Å². The van der Waals surface area contributed by atoms with Crippen molar-refractivity contribution in [3.8, 4) is 0 Å². The Morgan fingerprint density at radius 1 is 1.00 bits per heavy atom. The van der Waals surface area contributed by atoms with Crippen LogP contribution in [0.15, 0.2) is 12.1 Å². The zero-order chi connectivity index (χ0) is 15.9. The number of carbonyl (C=O) groups is 2. The van der Waals surface area contributed by atoms with Crippen molar-refractivity contribution in [2.45, 2.75) is 0 Å². The predicted octanol–water partition coefficient (Wildman–Crippen LogP) is -1.91. The van der Waals surface area contributed by atoms with Gasteiger partial charge in [0, 0.05) is 0 Å². The van der Waals surface area contributed by atoms with E-state index < -0.39 is 48.8 Å². The Hall–Kier alpha value is -1.54. The smallest absolute Gasteiger partial charge is 0.357 e. The van der Waals surface area contributed by atoms with Gasteiger partial charge in [-0.3, -0.25) is 13.9 Å². The minimum atomic E-state index is -5.37. The number of hydrogen-bond donors (Lipinski definition) is 6. The summed E-state index contributed by atoms with van der Waals surface area (Å²) in [5, 5.41) is 6.32. The molecule has 0 saturated heterocycles. The van der Waals surface area contributed by atoms with Gasteiger partial charge in [-0.25, -0.2) is 4.79 Å². The molecule has 110 valence electrons. The average Bonchev–Trinajstić information content (AvgIpc) is 2.24. The molecule has 10 nitrogen and oxygen atoms in total. The lowest BCUT2D eigenvalue weighted by molar-refractivity contribution is 0.0692. The molecule has 1 aromatic rings. The first-order valence-corrected chi connectivity index (χ1v) is 7.92. The highest BCUT2D eigenvalue weighted by atomic mass is 31.2. The first kappa shape index (κ1) is 16.5. The summed E-state index contributed by atoms with van der Waals surface area (Å²) in [6.07, 6.45) is 0. The molecular weight excluding hydrogens is 316 g/mol. The molecule has 0 spiro atoms. The molecule has 20 heavy (non-hydrogen) atoms. The van der Waals surface area contributed by atoms with Crippen molar-refractivity contribution in [1.82, 2.24) is 0 Å². The number of nitrogens with two attached hydrogens (primary N) is 1. The second kappa shape index (κ2) is 5.10. The zero-order valence-corrected chi connectivity index (χ0v) is 11.3. The van der Waals surface area contributed by atoms with E-state index in [-0.39, 0.29) is 0 Å². The number of carboxylic acid groups (broad SMARTS) is 1. The van der Waals surface area contributed by atoms with Crippen molar-refractivity contribution in [2.24, 2.45) is 5.73 Å². The molecule has 0 aliphatic carbocycles. The van der Waals surface area contributed by atoms with Crippen molar-refractivity contribution in [1.29, 1.82) is 0 Å². The Morgan fingerprint density at radius 3 is 1.80 bits per heavy atom. The Morgan fingerprint density at radius 2 is 1.50 bits per heavy atom. The molecule has 0 fully saturated rings. The van der Waals surface area contributed by atoms with E-state index in [1.807, 2.05) is 0 Å². The lowest BCUT2D eigenvalue weighted by atomic mass is 10.1. The molecule has 0 aliphatic rings. The van der Waals surface area contributed by atoms with Crippen LogP contribution in [0.25, 0.3) is 0 Å². The second-order valence-electron chi connectivity index (χ2n) is 3.61. The van der Waals surface area contributed by atoms with E-state index in [1.54, 1.807) is 0 Å². The zero-order valence-electron chi connectivity index (χ0n) is 9.50. The van der Waals surface area contributed by atoms with Crippen LogP contribution >= 0.6 is 15.2 Å². The fraction of sp³-hybridized carbons (Fsp3) is 0. The standard InChI is InChI=1S/C8H9NO9P2/c9-7(10)5-3(8(11)12)1-2-4(19(13,14)15)6(5)20(16,17)18/h1-2H,(H2,9,10)(H,11,12)(H2,13,14,15)(H2,16,17,18). The van der Waals surface area contributed by atoms with Crippen LogP contribution in [0.4, 0.5) is 0 Å². The maximum atomic E-state index is 11.4. The molecule has 0 unspecified atom stereocenters. The number of amides is 1. The highest BCUT2D eigenvalue weighted by Gasteiger charge is 2.37. The largest absolute Gasteiger partial charge is 0.478 e. The van der Waals surface area contributed by atoms with Gasteiger partial charge in [0.15, 0.2) is 0 Å². The summed E-state index contributed by atoms with van der Waals surface area (Å²) in [7, 11) is -10.5. The quantitative estimate of drug-likeness (QED) is 0.342. The molecule has 0 atom stereocenters. The third-order valence-corrected chi connectivity index (χ3v) is 4.46. The third-order valence-electron chi connectivity index (χ3n) is 2.24. The van der Waals surface area contributed by atoms with Crippen molar-refractivity contribution < 1.29 is 43.4 Å². The normalized spacial score (nSPS) is 12.2. The van der Waals surface area contributed by atoms with Gasteiger partial charge in [0.05, 0.1) is 21.7 Å². The van der Waals surface area contributed by atoms with Crippen molar-refractivity contribution in [3.63, 3.8) is 0 Å². The number of hydrogen-bond acceptors (Lipinski definition) is 4. The summed E-state index contributed by atoms with van der Waals surface area (Å²) >= 11 is 0. The number of rotatable bonds is 4. The van der Waals surface area contributed by atoms with Crippen LogP contribution in [0.1, 0.15) is 20.7 Å².